The average molecular weight is 536 g/mol. The zero-order valence-electron chi connectivity index (χ0n) is 12.2. The number of carbonyl (C=O) groups is 1. The number of hydrogen-bond donors (Lipinski definition) is 2. The number of hydrazone groups is 1. The maximum Gasteiger partial charge on any atom is 0.275 e. The highest BCUT2D eigenvalue weighted by Gasteiger charge is 2.11. The Kier molecular flexibility index (Phi) is 6.63. The van der Waals surface area contributed by atoms with Crippen LogP contribution in [0, 0.1) is 7.14 Å². The lowest BCUT2D eigenvalue weighted by Gasteiger charge is -2.08. The molecule has 2 N–H and O–H groups in total. The number of nitrogens with one attached hydrogen (secondary N) is 1. The summed E-state index contributed by atoms with van der Waals surface area (Å²) in [5.74, 6) is 0.276. The number of phenols is 1. The van der Waals surface area contributed by atoms with Crippen LogP contribution in [-0.4, -0.2) is 23.8 Å². The molecule has 0 radical (unpaired) electrons. The van der Waals surface area contributed by atoms with Crippen molar-refractivity contribution in [1.82, 2.24) is 5.43 Å². The maximum atomic E-state index is 12.2. The zero-order chi connectivity index (χ0) is 16.8. The molecule has 7 heteroatoms. The minimum atomic E-state index is -0.370. The summed E-state index contributed by atoms with van der Waals surface area (Å²) in [6.45, 7) is 2.33. The van der Waals surface area contributed by atoms with Crippen molar-refractivity contribution in [3.63, 3.8) is 0 Å². The first-order chi connectivity index (χ1) is 11.0. The van der Waals surface area contributed by atoms with Gasteiger partial charge in [0.15, 0.2) is 0 Å². The van der Waals surface area contributed by atoms with Crippen molar-refractivity contribution in [2.45, 2.75) is 6.92 Å². The van der Waals surface area contributed by atoms with Gasteiger partial charge in [0, 0.05) is 9.13 Å². The molecule has 0 spiro atoms. The number of rotatable bonds is 5. The number of nitrogens with zero attached hydrogens (tertiary/aromatic N) is 1. The molecule has 0 aliphatic rings. The molecule has 2 rings (SSSR count). The third-order valence-corrected chi connectivity index (χ3v) is 4.30. The second kappa shape index (κ2) is 8.48. The molecule has 0 unspecified atom stereocenters. The quantitative estimate of drug-likeness (QED) is 0.348. The largest absolute Gasteiger partial charge is 0.506 e. The summed E-state index contributed by atoms with van der Waals surface area (Å²) >= 11 is 4.20. The van der Waals surface area contributed by atoms with Gasteiger partial charge in [0.2, 0.25) is 0 Å². The number of amides is 1. The second-order valence-corrected chi connectivity index (χ2v) is 6.86. The van der Waals surface area contributed by atoms with Crippen molar-refractivity contribution >= 4 is 57.3 Å². The molecule has 2 aromatic rings. The van der Waals surface area contributed by atoms with Crippen LogP contribution in [-0.2, 0) is 0 Å². The van der Waals surface area contributed by atoms with Crippen LogP contribution >= 0.6 is 45.2 Å². The third-order valence-electron chi connectivity index (χ3n) is 2.86. The van der Waals surface area contributed by atoms with E-state index in [1.54, 1.807) is 30.3 Å². The third kappa shape index (κ3) is 4.80. The SMILES string of the molecule is CCOc1ccccc1C(=O)NN=Cc1cc(I)cc(I)c1O. The molecule has 0 saturated heterocycles. The van der Waals surface area contributed by atoms with E-state index >= 15 is 0 Å². The Morgan fingerprint density at radius 2 is 2.09 bits per heavy atom. The van der Waals surface area contributed by atoms with Crippen LogP contribution in [0.1, 0.15) is 22.8 Å². The van der Waals surface area contributed by atoms with E-state index in [9.17, 15) is 9.90 Å². The van der Waals surface area contributed by atoms with Crippen molar-refractivity contribution in [2.75, 3.05) is 6.61 Å². The number of benzene rings is 2. The monoisotopic (exact) mass is 536 g/mol. The van der Waals surface area contributed by atoms with Gasteiger partial charge in [0.1, 0.15) is 11.5 Å². The van der Waals surface area contributed by atoms with Gasteiger partial charge in [-0.05, 0) is 76.4 Å². The lowest BCUT2D eigenvalue weighted by atomic mass is 10.2. The van der Waals surface area contributed by atoms with E-state index in [1.807, 2.05) is 35.6 Å². The molecular formula is C16H14I2N2O3. The maximum absolute atomic E-state index is 12.2. The highest BCUT2D eigenvalue weighted by atomic mass is 127. The summed E-state index contributed by atoms with van der Waals surface area (Å²) < 4.78 is 7.12. The van der Waals surface area contributed by atoms with Gasteiger partial charge in [-0.2, -0.15) is 5.10 Å². The van der Waals surface area contributed by atoms with Gasteiger partial charge in [-0.25, -0.2) is 5.43 Å². The molecular weight excluding hydrogens is 522 g/mol. The van der Waals surface area contributed by atoms with E-state index in [0.717, 1.165) is 7.14 Å². The Balaban J connectivity index is 2.13. The number of para-hydroxylation sites is 1. The highest BCUT2D eigenvalue weighted by Crippen LogP contribution is 2.25. The van der Waals surface area contributed by atoms with Crippen LogP contribution in [0.5, 0.6) is 11.5 Å². The summed E-state index contributed by atoms with van der Waals surface area (Å²) in [5, 5.41) is 13.9. The molecule has 0 fully saturated rings. The van der Waals surface area contributed by atoms with E-state index in [2.05, 4.69) is 33.1 Å². The summed E-state index contributed by atoms with van der Waals surface area (Å²) in [6.07, 6.45) is 1.42. The summed E-state index contributed by atoms with van der Waals surface area (Å²) in [4.78, 5) is 12.2. The smallest absolute Gasteiger partial charge is 0.275 e. The zero-order valence-corrected chi connectivity index (χ0v) is 16.5. The molecule has 0 aliphatic carbocycles. The van der Waals surface area contributed by atoms with Crippen molar-refractivity contribution in [3.05, 3.63) is 54.7 Å². The predicted molar refractivity (Wildman–Crippen MR) is 106 cm³/mol. The van der Waals surface area contributed by atoms with Crippen molar-refractivity contribution in [1.29, 1.82) is 0 Å². The number of hydrogen-bond acceptors (Lipinski definition) is 4. The van der Waals surface area contributed by atoms with Crippen LogP contribution in [0.3, 0.4) is 0 Å². The van der Waals surface area contributed by atoms with Crippen LogP contribution < -0.4 is 10.2 Å². The highest BCUT2D eigenvalue weighted by molar-refractivity contribution is 14.1. The van der Waals surface area contributed by atoms with Gasteiger partial charge < -0.3 is 9.84 Å². The number of phenolic OH excluding ortho intramolecular Hbond substituents is 1. The normalized spacial score (nSPS) is 10.7. The molecule has 23 heavy (non-hydrogen) atoms. The first kappa shape index (κ1) is 18.0. The van der Waals surface area contributed by atoms with Gasteiger partial charge in [0.25, 0.3) is 5.91 Å². The van der Waals surface area contributed by atoms with Crippen molar-refractivity contribution < 1.29 is 14.6 Å². The molecule has 1 amide bonds. The first-order valence-corrected chi connectivity index (χ1v) is 8.92. The molecule has 120 valence electrons. The number of ether oxygens (including phenoxy) is 1. The molecule has 0 aromatic heterocycles. The van der Waals surface area contributed by atoms with Gasteiger partial charge in [0.05, 0.1) is 22.0 Å². The van der Waals surface area contributed by atoms with E-state index in [0.29, 0.717) is 23.5 Å². The second-order valence-electron chi connectivity index (χ2n) is 4.45. The number of aromatic hydroxyl groups is 1. The van der Waals surface area contributed by atoms with Gasteiger partial charge in [-0.15, -0.1) is 0 Å². The molecule has 0 heterocycles. The molecule has 0 atom stereocenters. The summed E-state index contributed by atoms with van der Waals surface area (Å²) in [7, 11) is 0. The van der Waals surface area contributed by atoms with E-state index in [-0.39, 0.29) is 11.7 Å². The van der Waals surface area contributed by atoms with Crippen LogP contribution in [0.15, 0.2) is 41.5 Å². The molecule has 0 saturated carbocycles. The molecule has 5 nitrogen and oxygen atoms in total. The fourth-order valence-corrected chi connectivity index (χ4v) is 3.73. The standard InChI is InChI=1S/C16H14I2N2O3/c1-2-23-14-6-4-3-5-12(14)16(22)20-19-9-10-7-11(17)8-13(18)15(10)21/h3-9,21H,2H2,1H3,(H,20,22). The van der Waals surface area contributed by atoms with Crippen molar-refractivity contribution in [2.24, 2.45) is 5.10 Å². The average Bonchev–Trinajstić information content (AvgIpc) is 2.52. The first-order valence-electron chi connectivity index (χ1n) is 6.76. The number of carbonyl (C=O) groups excluding carboxylic acids is 1. The molecule has 0 aliphatic heterocycles. The fourth-order valence-electron chi connectivity index (χ4n) is 1.84. The molecule has 0 bridgehead atoms. The van der Waals surface area contributed by atoms with Gasteiger partial charge in [-0.1, -0.05) is 12.1 Å². The summed E-state index contributed by atoms with van der Waals surface area (Å²) in [5.41, 5.74) is 3.40. The lowest BCUT2D eigenvalue weighted by Crippen LogP contribution is -2.18. The Hall–Kier alpha value is -1.36. The van der Waals surface area contributed by atoms with E-state index in [4.69, 9.17) is 4.74 Å². The fraction of sp³-hybridized carbons (Fsp3) is 0.125. The minimum absolute atomic E-state index is 0.138. The van der Waals surface area contributed by atoms with E-state index < -0.39 is 0 Å². The topological polar surface area (TPSA) is 70.9 Å². The Bertz CT molecular complexity index is 748. The van der Waals surface area contributed by atoms with Crippen LogP contribution in [0.4, 0.5) is 0 Å². The van der Waals surface area contributed by atoms with Crippen LogP contribution in [0.2, 0.25) is 0 Å². The minimum Gasteiger partial charge on any atom is -0.506 e. The summed E-state index contributed by atoms with van der Waals surface area (Å²) in [6, 6.07) is 10.6. The Morgan fingerprint density at radius 3 is 2.83 bits per heavy atom. The molecule has 2 aromatic carbocycles. The Morgan fingerprint density at radius 1 is 1.35 bits per heavy atom. The Labute approximate surface area is 161 Å². The van der Waals surface area contributed by atoms with Crippen molar-refractivity contribution in [3.8, 4) is 11.5 Å². The van der Waals surface area contributed by atoms with E-state index in [1.165, 1.54) is 6.21 Å². The lowest BCUT2D eigenvalue weighted by molar-refractivity contribution is 0.0951. The number of halogens is 2. The van der Waals surface area contributed by atoms with Gasteiger partial charge >= 0.3 is 0 Å². The van der Waals surface area contributed by atoms with Crippen LogP contribution in [0.25, 0.3) is 0 Å². The predicted octanol–water partition coefficient (Wildman–Crippen LogP) is 3.76. The van der Waals surface area contributed by atoms with Gasteiger partial charge in [-0.3, -0.25) is 4.79 Å².